The van der Waals surface area contributed by atoms with Crippen molar-refractivity contribution in [3.05, 3.63) is 29.8 Å². The summed E-state index contributed by atoms with van der Waals surface area (Å²) >= 11 is 0. The summed E-state index contributed by atoms with van der Waals surface area (Å²) in [5.74, 6) is 5.51. The topological polar surface area (TPSA) is 84.7 Å². The summed E-state index contributed by atoms with van der Waals surface area (Å²) in [6, 6.07) is 7.27. The van der Waals surface area contributed by atoms with Crippen LogP contribution in [0.25, 0.3) is 0 Å². The second-order valence-electron chi connectivity index (χ2n) is 6.89. The number of nitrogens with zero attached hydrogens (tertiary/aromatic N) is 1. The minimum Gasteiger partial charge on any atom is -0.494 e. The van der Waals surface area contributed by atoms with Gasteiger partial charge in [0.2, 0.25) is 5.91 Å². The van der Waals surface area contributed by atoms with Gasteiger partial charge in [0.05, 0.1) is 12.5 Å². The molecule has 0 saturated carbocycles. The maximum Gasteiger partial charge on any atom is 0.253 e. The van der Waals surface area contributed by atoms with Crippen molar-refractivity contribution in [2.75, 3.05) is 19.7 Å². The van der Waals surface area contributed by atoms with Gasteiger partial charge in [0.15, 0.2) is 0 Å². The molecule has 6 nitrogen and oxygen atoms in total. The molecule has 1 aromatic carbocycles. The van der Waals surface area contributed by atoms with Crippen LogP contribution in [0.4, 0.5) is 0 Å². The Morgan fingerprint density at radius 3 is 2.62 bits per heavy atom. The molecule has 144 valence electrons. The van der Waals surface area contributed by atoms with Crippen LogP contribution in [0.15, 0.2) is 24.3 Å². The van der Waals surface area contributed by atoms with Gasteiger partial charge in [-0.05, 0) is 43.5 Å². The quantitative estimate of drug-likeness (QED) is 0.306. The van der Waals surface area contributed by atoms with Gasteiger partial charge in [-0.2, -0.15) is 0 Å². The zero-order valence-corrected chi connectivity index (χ0v) is 15.7. The normalized spacial score (nSPS) is 17.0. The summed E-state index contributed by atoms with van der Waals surface area (Å²) in [7, 11) is 0. The third kappa shape index (κ3) is 6.02. The third-order valence-corrected chi connectivity index (χ3v) is 4.84. The first-order chi connectivity index (χ1) is 12.7. The minimum absolute atomic E-state index is 0.0503. The van der Waals surface area contributed by atoms with Crippen LogP contribution in [0.3, 0.4) is 0 Å². The van der Waals surface area contributed by atoms with Crippen LogP contribution >= 0.6 is 0 Å². The summed E-state index contributed by atoms with van der Waals surface area (Å²) in [5, 5.41) is 0. The number of amides is 2. The number of nitrogens with one attached hydrogen (secondary N) is 1. The highest BCUT2D eigenvalue weighted by atomic mass is 16.5. The number of ether oxygens (including phenoxy) is 1. The maximum absolute atomic E-state index is 12.7. The summed E-state index contributed by atoms with van der Waals surface area (Å²) in [4.78, 5) is 26.1. The minimum atomic E-state index is -0.229. The van der Waals surface area contributed by atoms with Gasteiger partial charge in [0, 0.05) is 18.7 Å². The Bertz CT molecular complexity index is 574. The van der Waals surface area contributed by atoms with Crippen molar-refractivity contribution >= 4 is 11.8 Å². The lowest BCUT2D eigenvalue weighted by Gasteiger charge is -2.31. The largest absolute Gasteiger partial charge is 0.494 e. The van der Waals surface area contributed by atoms with Crippen LogP contribution < -0.4 is 16.0 Å². The monoisotopic (exact) mass is 361 g/mol. The standard InChI is InChI=1S/C20H31N3O3/c1-2-3-4-5-6-14-26-18-11-9-16(10-12-18)20(25)23-13-7-8-17(15-23)19(24)22-21/h9-12,17H,2-8,13-15,21H2,1H3,(H,22,24). The van der Waals surface area contributed by atoms with Gasteiger partial charge in [0.1, 0.15) is 5.75 Å². The third-order valence-electron chi connectivity index (χ3n) is 4.84. The molecule has 26 heavy (non-hydrogen) atoms. The van der Waals surface area contributed by atoms with Crippen LogP contribution in [0, 0.1) is 5.92 Å². The van der Waals surface area contributed by atoms with Gasteiger partial charge in [-0.3, -0.25) is 15.0 Å². The van der Waals surface area contributed by atoms with E-state index in [9.17, 15) is 9.59 Å². The highest BCUT2D eigenvalue weighted by Crippen LogP contribution is 2.20. The van der Waals surface area contributed by atoms with E-state index < -0.39 is 0 Å². The van der Waals surface area contributed by atoms with Gasteiger partial charge in [-0.25, -0.2) is 5.84 Å². The Balaban J connectivity index is 1.81. The molecule has 6 heteroatoms. The van der Waals surface area contributed by atoms with Crippen LogP contribution in [0.1, 0.15) is 62.2 Å². The zero-order chi connectivity index (χ0) is 18.8. The molecule has 1 atom stereocenters. The predicted octanol–water partition coefficient (Wildman–Crippen LogP) is 2.88. The number of nitrogens with two attached hydrogens (primary N) is 1. The average Bonchev–Trinajstić information content (AvgIpc) is 2.70. The fourth-order valence-electron chi connectivity index (χ4n) is 3.27. The number of likely N-dealkylation sites (tertiary alicyclic amines) is 1. The van der Waals surface area contributed by atoms with E-state index in [2.05, 4.69) is 12.3 Å². The van der Waals surface area contributed by atoms with E-state index in [1.165, 1.54) is 25.7 Å². The summed E-state index contributed by atoms with van der Waals surface area (Å²) in [5.41, 5.74) is 2.80. The van der Waals surface area contributed by atoms with E-state index in [-0.39, 0.29) is 17.7 Å². The molecule has 1 aliphatic rings. The molecule has 1 heterocycles. The Hall–Kier alpha value is -2.08. The number of carbonyl (C=O) groups is 2. The first-order valence-electron chi connectivity index (χ1n) is 9.68. The SMILES string of the molecule is CCCCCCCOc1ccc(C(=O)N2CCCC(C(=O)NN)C2)cc1. The van der Waals surface area contributed by atoms with Gasteiger partial charge < -0.3 is 9.64 Å². The number of unbranched alkanes of at least 4 members (excludes halogenated alkanes) is 4. The fraction of sp³-hybridized carbons (Fsp3) is 0.600. The summed E-state index contributed by atoms with van der Waals surface area (Å²) in [6.45, 7) is 4.00. The molecule has 1 aromatic rings. The number of hydrazine groups is 1. The van der Waals surface area contributed by atoms with Gasteiger partial charge in [0.25, 0.3) is 5.91 Å². The van der Waals surface area contributed by atoms with Crippen molar-refractivity contribution in [1.29, 1.82) is 0 Å². The van der Waals surface area contributed by atoms with Crippen molar-refractivity contribution in [3.63, 3.8) is 0 Å². The molecule has 1 fully saturated rings. The molecule has 2 rings (SSSR count). The van der Waals surface area contributed by atoms with Crippen LogP contribution in [0.5, 0.6) is 5.75 Å². The predicted molar refractivity (Wildman–Crippen MR) is 102 cm³/mol. The first-order valence-corrected chi connectivity index (χ1v) is 9.68. The summed E-state index contributed by atoms with van der Waals surface area (Å²) < 4.78 is 5.74. The second-order valence-corrected chi connectivity index (χ2v) is 6.89. The Labute approximate surface area is 156 Å². The van der Waals surface area contributed by atoms with E-state index >= 15 is 0 Å². The van der Waals surface area contributed by atoms with Crippen molar-refractivity contribution in [1.82, 2.24) is 10.3 Å². The first kappa shape index (κ1) is 20.2. The molecule has 0 aromatic heterocycles. The van der Waals surface area contributed by atoms with Crippen molar-refractivity contribution in [2.45, 2.75) is 51.9 Å². The van der Waals surface area contributed by atoms with Gasteiger partial charge in [-0.1, -0.05) is 32.6 Å². The lowest BCUT2D eigenvalue weighted by Crippen LogP contribution is -2.46. The molecule has 1 unspecified atom stereocenters. The molecule has 1 aliphatic heterocycles. The maximum atomic E-state index is 12.7. The molecule has 2 amide bonds. The van der Waals surface area contributed by atoms with E-state index in [0.29, 0.717) is 25.3 Å². The Morgan fingerprint density at radius 2 is 1.92 bits per heavy atom. The van der Waals surface area contributed by atoms with Crippen molar-refractivity contribution in [3.8, 4) is 5.75 Å². The smallest absolute Gasteiger partial charge is 0.253 e. The van der Waals surface area contributed by atoms with E-state index in [4.69, 9.17) is 10.6 Å². The highest BCUT2D eigenvalue weighted by molar-refractivity contribution is 5.94. The number of hydrogen-bond acceptors (Lipinski definition) is 4. The number of rotatable bonds is 9. The van der Waals surface area contributed by atoms with Gasteiger partial charge in [-0.15, -0.1) is 0 Å². The van der Waals surface area contributed by atoms with Crippen LogP contribution in [-0.4, -0.2) is 36.4 Å². The number of hydrogen-bond donors (Lipinski definition) is 2. The number of piperidine rings is 1. The van der Waals surface area contributed by atoms with E-state index in [1.807, 2.05) is 12.1 Å². The molecule has 3 N–H and O–H groups in total. The Morgan fingerprint density at radius 1 is 1.19 bits per heavy atom. The van der Waals surface area contributed by atoms with Crippen molar-refractivity contribution < 1.29 is 14.3 Å². The van der Waals surface area contributed by atoms with Crippen LogP contribution in [0.2, 0.25) is 0 Å². The molecule has 0 radical (unpaired) electrons. The average molecular weight is 361 g/mol. The molecular weight excluding hydrogens is 330 g/mol. The number of benzene rings is 1. The Kier molecular flexibility index (Phi) is 8.41. The van der Waals surface area contributed by atoms with Crippen molar-refractivity contribution in [2.24, 2.45) is 11.8 Å². The molecule has 0 aliphatic carbocycles. The fourth-order valence-corrected chi connectivity index (χ4v) is 3.27. The van der Waals surface area contributed by atoms with E-state index in [1.54, 1.807) is 17.0 Å². The molecule has 1 saturated heterocycles. The summed E-state index contributed by atoms with van der Waals surface area (Å²) in [6.07, 6.45) is 7.59. The van der Waals surface area contributed by atoms with Crippen LogP contribution in [-0.2, 0) is 4.79 Å². The second kappa shape index (κ2) is 10.8. The number of carbonyl (C=O) groups excluding carboxylic acids is 2. The van der Waals surface area contributed by atoms with E-state index in [0.717, 1.165) is 25.0 Å². The lowest BCUT2D eigenvalue weighted by atomic mass is 9.97. The molecule has 0 spiro atoms. The highest BCUT2D eigenvalue weighted by Gasteiger charge is 2.28. The molecule has 0 bridgehead atoms. The molecular formula is C20H31N3O3. The lowest BCUT2D eigenvalue weighted by molar-refractivity contribution is -0.126. The van der Waals surface area contributed by atoms with Gasteiger partial charge >= 0.3 is 0 Å². The zero-order valence-electron chi connectivity index (χ0n) is 15.7.